The summed E-state index contributed by atoms with van der Waals surface area (Å²) in [5, 5.41) is 2.20. The Morgan fingerprint density at radius 1 is 1.21 bits per heavy atom. The average Bonchev–Trinajstić information content (AvgIpc) is 2.44. The van der Waals surface area contributed by atoms with Gasteiger partial charge >= 0.3 is 0 Å². The van der Waals surface area contributed by atoms with Crippen LogP contribution in [0.1, 0.15) is 5.69 Å². The number of halogens is 2. The summed E-state index contributed by atoms with van der Waals surface area (Å²) in [6, 6.07) is 6.01. The molecule has 2 nitrogen and oxygen atoms in total. The van der Waals surface area contributed by atoms with Gasteiger partial charge in [0, 0.05) is 41.4 Å². The molecule has 3 rings (SSSR count). The smallest absolute Gasteiger partial charge is 0.0927 e. The van der Waals surface area contributed by atoms with Crippen LogP contribution >= 0.6 is 35.0 Å². The second-order valence-electron chi connectivity index (χ2n) is 4.64. The number of anilines is 1. The number of aromatic nitrogens is 1. The van der Waals surface area contributed by atoms with E-state index in [9.17, 15) is 0 Å². The summed E-state index contributed by atoms with van der Waals surface area (Å²) in [6.07, 6.45) is 0. The number of benzene rings is 1. The highest BCUT2D eigenvalue weighted by molar-refractivity contribution is 7.99. The van der Waals surface area contributed by atoms with E-state index in [2.05, 4.69) is 16.0 Å². The Morgan fingerprint density at radius 3 is 2.68 bits per heavy atom. The van der Waals surface area contributed by atoms with Crippen LogP contribution in [0.2, 0.25) is 10.0 Å². The first-order valence-electron chi connectivity index (χ1n) is 6.25. The molecule has 0 saturated carbocycles. The van der Waals surface area contributed by atoms with Crippen molar-refractivity contribution in [3.05, 3.63) is 33.9 Å². The first kappa shape index (κ1) is 13.3. The molecular formula is C14H14Cl2N2S. The Balaban J connectivity index is 2.20. The molecule has 1 fully saturated rings. The predicted octanol–water partition coefficient (Wildman–Crippen LogP) is 4.40. The van der Waals surface area contributed by atoms with E-state index in [4.69, 9.17) is 23.2 Å². The lowest BCUT2D eigenvalue weighted by Crippen LogP contribution is -2.32. The molecule has 0 spiro atoms. The summed E-state index contributed by atoms with van der Waals surface area (Å²) < 4.78 is 0. The quantitative estimate of drug-likeness (QED) is 0.776. The number of fused-ring (bicyclic) bond motifs is 1. The van der Waals surface area contributed by atoms with Crippen molar-refractivity contribution >= 4 is 51.6 Å². The Hall–Kier alpha value is -0.640. The highest BCUT2D eigenvalue weighted by atomic mass is 35.5. The van der Waals surface area contributed by atoms with Crippen molar-refractivity contribution < 1.29 is 0 Å². The molecule has 1 aromatic heterocycles. The molecule has 1 aromatic carbocycles. The summed E-state index contributed by atoms with van der Waals surface area (Å²) in [4.78, 5) is 6.96. The number of hydrogen-bond acceptors (Lipinski definition) is 3. The van der Waals surface area contributed by atoms with Crippen molar-refractivity contribution in [1.29, 1.82) is 0 Å². The largest absolute Gasteiger partial charge is 0.369 e. The molecular weight excluding hydrogens is 299 g/mol. The first-order valence-corrected chi connectivity index (χ1v) is 8.16. The lowest BCUT2D eigenvalue weighted by molar-refractivity contribution is 0.861. The van der Waals surface area contributed by atoms with Gasteiger partial charge in [-0.1, -0.05) is 23.2 Å². The third kappa shape index (κ3) is 2.51. The lowest BCUT2D eigenvalue weighted by atomic mass is 10.1. The molecule has 0 aliphatic carbocycles. The fraction of sp³-hybridized carbons (Fsp3) is 0.357. The molecule has 0 N–H and O–H groups in total. The molecule has 19 heavy (non-hydrogen) atoms. The van der Waals surface area contributed by atoms with Crippen LogP contribution in [0.3, 0.4) is 0 Å². The van der Waals surface area contributed by atoms with Crippen LogP contribution < -0.4 is 4.90 Å². The van der Waals surface area contributed by atoms with E-state index in [-0.39, 0.29) is 0 Å². The van der Waals surface area contributed by atoms with Crippen LogP contribution in [0, 0.1) is 6.92 Å². The zero-order valence-electron chi connectivity index (χ0n) is 10.6. The van der Waals surface area contributed by atoms with Crippen LogP contribution in [-0.4, -0.2) is 29.6 Å². The average molecular weight is 313 g/mol. The molecule has 2 aromatic rings. The maximum absolute atomic E-state index is 6.29. The van der Waals surface area contributed by atoms with Gasteiger partial charge in [-0.25, -0.2) is 0 Å². The molecule has 1 aliphatic heterocycles. The number of pyridine rings is 1. The Bertz CT molecular complexity index is 624. The van der Waals surface area contributed by atoms with Crippen LogP contribution in [-0.2, 0) is 0 Å². The minimum absolute atomic E-state index is 0.551. The van der Waals surface area contributed by atoms with Gasteiger partial charge in [0.25, 0.3) is 0 Å². The second-order valence-corrected chi connectivity index (χ2v) is 6.65. The number of nitrogens with zero attached hydrogens (tertiary/aromatic N) is 2. The fourth-order valence-electron chi connectivity index (χ4n) is 2.41. The zero-order chi connectivity index (χ0) is 13.4. The van der Waals surface area contributed by atoms with Gasteiger partial charge < -0.3 is 4.90 Å². The fourth-order valence-corrected chi connectivity index (χ4v) is 3.67. The molecule has 2 heterocycles. The highest BCUT2D eigenvalue weighted by Gasteiger charge is 2.17. The van der Waals surface area contributed by atoms with Crippen molar-refractivity contribution in [2.45, 2.75) is 6.92 Å². The van der Waals surface area contributed by atoms with Crippen LogP contribution in [0.25, 0.3) is 10.9 Å². The van der Waals surface area contributed by atoms with Crippen LogP contribution in [0.5, 0.6) is 0 Å². The maximum Gasteiger partial charge on any atom is 0.0927 e. The van der Waals surface area contributed by atoms with E-state index in [1.807, 2.05) is 30.8 Å². The topological polar surface area (TPSA) is 16.1 Å². The Morgan fingerprint density at radius 2 is 1.95 bits per heavy atom. The summed E-state index contributed by atoms with van der Waals surface area (Å²) in [5.41, 5.74) is 3.01. The number of aryl methyl sites for hydroxylation is 1. The SMILES string of the molecule is Cc1cc(N2CCSCC2)c2ccc(Cl)c(Cl)c2n1. The van der Waals surface area contributed by atoms with Crippen molar-refractivity contribution in [2.75, 3.05) is 29.5 Å². The van der Waals surface area contributed by atoms with E-state index in [1.165, 1.54) is 17.2 Å². The standard InChI is InChI=1S/C14H14Cl2N2S/c1-9-8-12(18-4-6-19-7-5-18)10-2-3-11(15)13(16)14(10)17-9/h2-3,8H,4-7H2,1H3. The molecule has 0 unspecified atom stereocenters. The first-order chi connectivity index (χ1) is 9.16. The monoisotopic (exact) mass is 312 g/mol. The number of rotatable bonds is 1. The lowest BCUT2D eigenvalue weighted by Gasteiger charge is -2.29. The third-order valence-electron chi connectivity index (χ3n) is 3.33. The van der Waals surface area contributed by atoms with Gasteiger partial charge in [0.05, 0.1) is 15.6 Å². The Kier molecular flexibility index (Phi) is 3.79. The van der Waals surface area contributed by atoms with Gasteiger partial charge in [-0.15, -0.1) is 0 Å². The highest BCUT2D eigenvalue weighted by Crippen LogP contribution is 2.35. The molecule has 0 radical (unpaired) electrons. The van der Waals surface area contributed by atoms with E-state index >= 15 is 0 Å². The number of hydrogen-bond donors (Lipinski definition) is 0. The van der Waals surface area contributed by atoms with Gasteiger partial charge in [-0.05, 0) is 25.1 Å². The molecule has 5 heteroatoms. The molecule has 1 saturated heterocycles. The maximum atomic E-state index is 6.29. The van der Waals surface area contributed by atoms with Gasteiger partial charge in [-0.2, -0.15) is 11.8 Å². The normalized spacial score (nSPS) is 16.1. The van der Waals surface area contributed by atoms with Crippen molar-refractivity contribution in [2.24, 2.45) is 0 Å². The van der Waals surface area contributed by atoms with Gasteiger partial charge in [0.15, 0.2) is 0 Å². The number of thioether (sulfide) groups is 1. The summed E-state index contributed by atoms with van der Waals surface area (Å²) in [7, 11) is 0. The Labute approximate surface area is 127 Å². The molecule has 0 bridgehead atoms. The minimum Gasteiger partial charge on any atom is -0.369 e. The molecule has 1 aliphatic rings. The second kappa shape index (κ2) is 5.39. The van der Waals surface area contributed by atoms with Crippen molar-refractivity contribution in [3.8, 4) is 0 Å². The van der Waals surface area contributed by atoms with Crippen molar-refractivity contribution in [1.82, 2.24) is 4.98 Å². The van der Waals surface area contributed by atoms with E-state index < -0.39 is 0 Å². The summed E-state index contributed by atoms with van der Waals surface area (Å²) in [5.74, 6) is 2.34. The minimum atomic E-state index is 0.551. The molecule has 100 valence electrons. The molecule has 0 atom stereocenters. The van der Waals surface area contributed by atoms with Crippen LogP contribution in [0.4, 0.5) is 5.69 Å². The van der Waals surface area contributed by atoms with Crippen LogP contribution in [0.15, 0.2) is 18.2 Å². The van der Waals surface area contributed by atoms with E-state index in [0.717, 1.165) is 29.7 Å². The van der Waals surface area contributed by atoms with Gasteiger partial charge in [0.1, 0.15) is 0 Å². The summed E-state index contributed by atoms with van der Waals surface area (Å²) in [6.45, 7) is 4.14. The van der Waals surface area contributed by atoms with E-state index in [0.29, 0.717) is 10.0 Å². The van der Waals surface area contributed by atoms with Gasteiger partial charge in [-0.3, -0.25) is 4.98 Å². The predicted molar refractivity (Wildman–Crippen MR) is 86.0 cm³/mol. The van der Waals surface area contributed by atoms with Gasteiger partial charge in [0.2, 0.25) is 0 Å². The molecule has 0 amide bonds. The van der Waals surface area contributed by atoms with E-state index in [1.54, 1.807) is 0 Å². The van der Waals surface area contributed by atoms with Crippen molar-refractivity contribution in [3.63, 3.8) is 0 Å². The third-order valence-corrected chi connectivity index (χ3v) is 5.07. The summed E-state index contributed by atoms with van der Waals surface area (Å²) >= 11 is 14.4. The zero-order valence-corrected chi connectivity index (χ0v) is 12.9.